The highest BCUT2D eigenvalue weighted by Crippen LogP contribution is 2.26. The van der Waals surface area contributed by atoms with Crippen molar-refractivity contribution in [1.82, 2.24) is 10.3 Å². The van der Waals surface area contributed by atoms with E-state index in [0.29, 0.717) is 23.5 Å². The zero-order valence-electron chi connectivity index (χ0n) is 17.0. The minimum Gasteiger partial charge on any atom is -0.497 e. The number of ether oxygens (including phenoxy) is 1. The number of thioether (sulfide) groups is 1. The van der Waals surface area contributed by atoms with Crippen LogP contribution in [0, 0.1) is 0 Å². The Hall–Kier alpha value is -3.59. The smallest absolute Gasteiger partial charge is 0.442 e. The highest BCUT2D eigenvalue weighted by atomic mass is 32.2. The Labute approximate surface area is 182 Å². The van der Waals surface area contributed by atoms with Crippen LogP contribution in [0.25, 0.3) is 16.6 Å². The molecule has 2 aromatic heterocycles. The van der Waals surface area contributed by atoms with Gasteiger partial charge in [0.2, 0.25) is 11.6 Å². The number of nitrogens with one attached hydrogen (secondary N) is 2. The number of rotatable bonds is 7. The zero-order valence-corrected chi connectivity index (χ0v) is 17.8. The summed E-state index contributed by atoms with van der Waals surface area (Å²) >= 11 is 1.15. The van der Waals surface area contributed by atoms with Gasteiger partial charge in [-0.05, 0) is 64.5 Å². The van der Waals surface area contributed by atoms with E-state index >= 15 is 0 Å². The van der Waals surface area contributed by atoms with Gasteiger partial charge in [0.25, 0.3) is 0 Å². The van der Waals surface area contributed by atoms with Crippen LogP contribution >= 0.6 is 11.8 Å². The highest BCUT2D eigenvalue weighted by Gasteiger charge is 2.30. The molecule has 1 unspecified atom stereocenters. The normalized spacial score (nSPS) is 11.9. The van der Waals surface area contributed by atoms with Crippen LogP contribution < -0.4 is 20.4 Å². The molecule has 8 nitrogen and oxygen atoms in total. The molecule has 158 valence electrons. The van der Waals surface area contributed by atoms with E-state index in [2.05, 4.69) is 15.6 Å². The van der Waals surface area contributed by atoms with Crippen LogP contribution in [0.5, 0.6) is 5.75 Å². The lowest BCUT2D eigenvalue weighted by Gasteiger charge is -2.13. The first-order valence-corrected chi connectivity index (χ1v) is 10.6. The first-order chi connectivity index (χ1) is 15.1. The molecule has 31 heavy (non-hydrogen) atoms. The maximum atomic E-state index is 13.0. The number of hydrogen-bond acceptors (Lipinski definition) is 6. The zero-order chi connectivity index (χ0) is 21.8. The van der Waals surface area contributed by atoms with Crippen LogP contribution in [-0.4, -0.2) is 28.5 Å². The minimum absolute atomic E-state index is 0.203. The van der Waals surface area contributed by atoms with Crippen LogP contribution in [0.4, 0.5) is 5.69 Å². The van der Waals surface area contributed by atoms with E-state index in [9.17, 15) is 9.59 Å². The number of carbonyl (C=O) groups excluding carboxylic acids is 1. The van der Waals surface area contributed by atoms with Gasteiger partial charge < -0.3 is 10.1 Å². The molecule has 0 bridgehead atoms. The van der Waals surface area contributed by atoms with Crippen molar-refractivity contribution in [1.29, 1.82) is 0 Å². The highest BCUT2D eigenvalue weighted by molar-refractivity contribution is 8.00. The van der Waals surface area contributed by atoms with Gasteiger partial charge in [-0.3, -0.25) is 14.3 Å². The molecular formula is C22H21N4O4S+. The van der Waals surface area contributed by atoms with Crippen molar-refractivity contribution in [3.63, 3.8) is 0 Å². The molecule has 0 aliphatic heterocycles. The summed E-state index contributed by atoms with van der Waals surface area (Å²) in [6, 6.07) is 16.4. The average molecular weight is 438 g/mol. The summed E-state index contributed by atoms with van der Waals surface area (Å²) in [5, 5.41) is 6.21. The van der Waals surface area contributed by atoms with Crippen molar-refractivity contribution in [2.24, 2.45) is 0 Å². The Morgan fingerprint density at radius 1 is 1.23 bits per heavy atom. The largest absolute Gasteiger partial charge is 0.497 e. The quantitative estimate of drug-likeness (QED) is 0.340. The van der Waals surface area contributed by atoms with Gasteiger partial charge in [0.15, 0.2) is 0 Å². The number of aromatic nitrogens is 3. The Morgan fingerprint density at radius 2 is 2.03 bits per heavy atom. The van der Waals surface area contributed by atoms with E-state index in [0.717, 1.165) is 22.7 Å². The van der Waals surface area contributed by atoms with Gasteiger partial charge in [-0.25, -0.2) is 4.79 Å². The standard InChI is InChI=1S/C22H20N4O4S/c1-3-19(20(27)24-18-8-4-7-17-16(18)6-5-13-23-17)31-21-22(28)30-25-26(21)14-9-11-15(29-2)12-10-14/h4-13,19H,3H2,1-2H3,(H-,23,24,25,27,28)/p+1. The second kappa shape index (κ2) is 9.05. The first kappa shape index (κ1) is 20.7. The molecule has 4 aromatic rings. The van der Waals surface area contributed by atoms with Crippen LogP contribution in [0.15, 0.2) is 75.1 Å². The lowest BCUT2D eigenvalue weighted by molar-refractivity contribution is -0.704. The monoisotopic (exact) mass is 437 g/mol. The number of aromatic amines is 1. The number of methoxy groups -OCH3 is 1. The van der Waals surface area contributed by atoms with Crippen molar-refractivity contribution in [2.45, 2.75) is 23.6 Å². The number of amides is 1. The summed E-state index contributed by atoms with van der Waals surface area (Å²) in [5.74, 6) is 0.491. The predicted molar refractivity (Wildman–Crippen MR) is 118 cm³/mol. The first-order valence-electron chi connectivity index (χ1n) is 9.70. The van der Waals surface area contributed by atoms with E-state index in [1.807, 2.05) is 37.3 Å². The Kier molecular flexibility index (Phi) is 6.03. The fraction of sp³-hybridized carbons (Fsp3) is 0.182. The summed E-state index contributed by atoms with van der Waals surface area (Å²) in [6.45, 7) is 1.90. The van der Waals surface area contributed by atoms with Gasteiger partial charge in [-0.1, -0.05) is 13.0 Å². The SMILES string of the molecule is CCC(Sc1c(=O)o[nH][n+]1-c1ccc(OC)cc1)C(=O)Nc1cccc2ncccc12. The Balaban J connectivity index is 1.58. The third kappa shape index (κ3) is 4.31. The summed E-state index contributed by atoms with van der Waals surface area (Å²) in [4.78, 5) is 29.7. The molecule has 0 aliphatic carbocycles. The van der Waals surface area contributed by atoms with Crippen molar-refractivity contribution in [3.05, 3.63) is 71.2 Å². The van der Waals surface area contributed by atoms with Gasteiger partial charge in [0.05, 0.1) is 23.6 Å². The summed E-state index contributed by atoms with van der Waals surface area (Å²) in [6.07, 6.45) is 2.23. The molecule has 0 radical (unpaired) electrons. The number of hydrogen-bond donors (Lipinski definition) is 2. The number of nitrogens with zero attached hydrogens (tertiary/aromatic N) is 2. The van der Waals surface area contributed by atoms with Gasteiger partial charge in [0.1, 0.15) is 5.75 Å². The van der Waals surface area contributed by atoms with Gasteiger partial charge in [-0.2, -0.15) is 0 Å². The number of pyridine rings is 1. The fourth-order valence-electron chi connectivity index (χ4n) is 3.15. The van der Waals surface area contributed by atoms with E-state index in [4.69, 9.17) is 9.26 Å². The molecule has 0 saturated carbocycles. The third-order valence-corrected chi connectivity index (χ3v) is 6.16. The predicted octanol–water partition coefficient (Wildman–Crippen LogP) is 3.31. The van der Waals surface area contributed by atoms with E-state index in [1.165, 1.54) is 4.68 Å². The average Bonchev–Trinajstić information content (AvgIpc) is 3.17. The molecule has 0 fully saturated rings. The lowest BCUT2D eigenvalue weighted by atomic mass is 10.1. The van der Waals surface area contributed by atoms with Gasteiger partial charge in [-0.15, -0.1) is 0 Å². The molecule has 4 rings (SSSR count). The summed E-state index contributed by atoms with van der Waals surface area (Å²) < 4.78 is 11.7. The number of benzene rings is 2. The summed E-state index contributed by atoms with van der Waals surface area (Å²) in [5.41, 5.74) is 1.62. The van der Waals surface area contributed by atoms with Gasteiger partial charge >= 0.3 is 10.7 Å². The minimum atomic E-state index is -0.540. The van der Waals surface area contributed by atoms with E-state index < -0.39 is 10.9 Å². The number of carbonyl (C=O) groups is 1. The van der Waals surface area contributed by atoms with Crippen LogP contribution in [-0.2, 0) is 4.79 Å². The maximum absolute atomic E-state index is 13.0. The number of H-pyrrole nitrogens is 1. The third-order valence-electron chi connectivity index (χ3n) is 4.76. The van der Waals surface area contributed by atoms with Crippen molar-refractivity contribution < 1.29 is 18.7 Å². The second-order valence-corrected chi connectivity index (χ2v) is 7.89. The van der Waals surface area contributed by atoms with E-state index in [1.54, 1.807) is 37.6 Å². The maximum Gasteiger partial charge on any atom is 0.442 e. The number of anilines is 1. The Morgan fingerprint density at radius 3 is 2.77 bits per heavy atom. The van der Waals surface area contributed by atoms with Crippen molar-refractivity contribution >= 4 is 34.3 Å². The van der Waals surface area contributed by atoms with Crippen molar-refractivity contribution in [2.75, 3.05) is 12.4 Å². The van der Waals surface area contributed by atoms with Crippen molar-refractivity contribution in [3.8, 4) is 11.4 Å². The van der Waals surface area contributed by atoms with Crippen LogP contribution in [0.3, 0.4) is 0 Å². The molecular weight excluding hydrogens is 416 g/mol. The molecule has 0 spiro atoms. The second-order valence-electron chi connectivity index (χ2n) is 6.70. The molecule has 1 atom stereocenters. The summed E-state index contributed by atoms with van der Waals surface area (Å²) in [7, 11) is 1.58. The van der Waals surface area contributed by atoms with Crippen LogP contribution in [0.1, 0.15) is 13.3 Å². The molecule has 2 N–H and O–H groups in total. The fourth-order valence-corrected chi connectivity index (χ4v) is 4.14. The molecule has 2 heterocycles. The van der Waals surface area contributed by atoms with Gasteiger partial charge in [0, 0.05) is 23.7 Å². The lowest BCUT2D eigenvalue weighted by Crippen LogP contribution is -2.37. The molecule has 1 amide bonds. The Bertz CT molecular complexity index is 1260. The molecule has 0 saturated heterocycles. The molecule has 0 aliphatic rings. The molecule has 9 heteroatoms. The molecule has 2 aromatic carbocycles. The number of fused-ring (bicyclic) bond motifs is 1. The van der Waals surface area contributed by atoms with E-state index in [-0.39, 0.29) is 10.9 Å². The topological polar surface area (TPSA) is 101 Å². The van der Waals surface area contributed by atoms with Crippen LogP contribution in [0.2, 0.25) is 0 Å².